The Bertz CT molecular complexity index is 733. The van der Waals surface area contributed by atoms with Crippen LogP contribution in [-0.4, -0.2) is 13.3 Å². The van der Waals surface area contributed by atoms with Crippen molar-refractivity contribution in [2.24, 2.45) is 0 Å². The zero-order chi connectivity index (χ0) is 14.6. The lowest BCUT2D eigenvalue weighted by atomic mass is 10.2. The van der Waals surface area contributed by atoms with Crippen molar-refractivity contribution in [2.45, 2.75) is 5.75 Å². The van der Waals surface area contributed by atoms with E-state index < -0.39 is 14.8 Å². The smallest absolute Gasteiger partial charge is 0.258 e. The van der Waals surface area contributed by atoms with Crippen molar-refractivity contribution in [1.29, 1.82) is 0 Å². The van der Waals surface area contributed by atoms with Crippen LogP contribution < -0.4 is 0 Å². The van der Waals surface area contributed by atoms with E-state index in [1.165, 1.54) is 17.5 Å². The average molecular weight is 309 g/mol. The molecule has 2 rings (SSSR count). The van der Waals surface area contributed by atoms with Crippen LogP contribution >= 0.6 is 11.3 Å². The minimum absolute atomic E-state index is 0.123. The Morgan fingerprint density at radius 2 is 1.90 bits per heavy atom. The van der Waals surface area contributed by atoms with Gasteiger partial charge in [-0.2, -0.15) is 0 Å². The molecule has 5 nitrogen and oxygen atoms in total. The second-order valence-electron chi connectivity index (χ2n) is 4.03. The second kappa shape index (κ2) is 5.98. The topological polar surface area (TPSA) is 77.3 Å². The number of rotatable bonds is 5. The van der Waals surface area contributed by atoms with Crippen LogP contribution in [0.2, 0.25) is 0 Å². The molecule has 0 amide bonds. The highest BCUT2D eigenvalue weighted by atomic mass is 32.2. The van der Waals surface area contributed by atoms with Gasteiger partial charge in [-0.15, -0.1) is 0 Å². The molecule has 7 heteroatoms. The van der Waals surface area contributed by atoms with Crippen LogP contribution in [-0.2, 0) is 15.6 Å². The highest BCUT2D eigenvalue weighted by Gasteiger charge is 2.20. The van der Waals surface area contributed by atoms with Gasteiger partial charge in [0.2, 0.25) is 0 Å². The lowest BCUT2D eigenvalue weighted by Crippen LogP contribution is -2.01. The van der Waals surface area contributed by atoms with Crippen LogP contribution in [0.5, 0.6) is 0 Å². The quantitative estimate of drug-likeness (QED) is 0.627. The van der Waals surface area contributed by atoms with E-state index in [4.69, 9.17) is 0 Å². The summed E-state index contributed by atoms with van der Waals surface area (Å²) in [4.78, 5) is 10.2. The third-order valence-electron chi connectivity index (χ3n) is 2.51. The first-order chi connectivity index (χ1) is 9.48. The maximum Gasteiger partial charge on any atom is 0.328 e. The minimum atomic E-state index is -3.54. The minimum Gasteiger partial charge on any atom is -0.258 e. The van der Waals surface area contributed by atoms with Gasteiger partial charge in [-0.05, 0) is 23.1 Å². The highest BCUT2D eigenvalue weighted by molar-refractivity contribution is 7.93. The largest absolute Gasteiger partial charge is 0.328 e. The Morgan fingerprint density at radius 3 is 2.55 bits per heavy atom. The Balaban J connectivity index is 2.18. The summed E-state index contributed by atoms with van der Waals surface area (Å²) in [5.74, 6) is -0.365. The molecule has 20 heavy (non-hydrogen) atoms. The average Bonchev–Trinajstić information content (AvgIpc) is 2.85. The number of nitrogens with zero attached hydrogens (tertiary/aromatic N) is 1. The second-order valence-corrected chi connectivity index (χ2v) is 6.81. The lowest BCUT2D eigenvalue weighted by molar-refractivity contribution is -0.380. The highest BCUT2D eigenvalue weighted by Crippen LogP contribution is 2.27. The Kier molecular flexibility index (Phi) is 4.31. The molecule has 1 aromatic carbocycles. The summed E-state index contributed by atoms with van der Waals surface area (Å²) in [6.07, 6.45) is 1.48. The lowest BCUT2D eigenvalue weighted by Gasteiger charge is -1.97. The molecule has 0 unspecified atom stereocenters. The van der Waals surface area contributed by atoms with Gasteiger partial charge in [-0.25, -0.2) is 8.42 Å². The predicted molar refractivity (Wildman–Crippen MR) is 79.1 cm³/mol. The molecule has 2 aromatic rings. The molecule has 104 valence electrons. The molecule has 1 heterocycles. The third-order valence-corrected chi connectivity index (χ3v) is 4.68. The zero-order valence-corrected chi connectivity index (χ0v) is 11.9. The van der Waals surface area contributed by atoms with Crippen molar-refractivity contribution < 1.29 is 13.3 Å². The molecule has 0 saturated carbocycles. The number of benzene rings is 1. The summed E-state index contributed by atoms with van der Waals surface area (Å²) in [6.45, 7) is 0. The van der Waals surface area contributed by atoms with Gasteiger partial charge in [0.1, 0.15) is 0 Å². The van der Waals surface area contributed by atoms with Crippen molar-refractivity contribution in [3.8, 4) is 0 Å². The van der Waals surface area contributed by atoms with E-state index in [-0.39, 0.29) is 16.3 Å². The summed E-state index contributed by atoms with van der Waals surface area (Å²) in [7, 11) is -3.54. The molecule has 0 atom stereocenters. The first-order valence-electron chi connectivity index (χ1n) is 5.64. The molecule has 0 N–H and O–H groups in total. The molecule has 0 fully saturated rings. The van der Waals surface area contributed by atoms with Crippen molar-refractivity contribution in [2.75, 3.05) is 0 Å². The maximum atomic E-state index is 11.9. The monoisotopic (exact) mass is 309 g/mol. The van der Waals surface area contributed by atoms with Crippen LogP contribution in [0, 0.1) is 10.1 Å². The standard InChI is InChI=1S/C13H11NO4S2/c15-14(16)13-12(6-8-19-13)10-20(17,18)9-7-11-4-2-1-3-5-11/h1-9H,10H2/b9-7+. The third kappa shape index (κ3) is 3.75. The van der Waals surface area contributed by atoms with E-state index in [1.54, 1.807) is 24.3 Å². The summed E-state index contributed by atoms with van der Waals surface area (Å²) in [6, 6.07) is 10.5. The van der Waals surface area contributed by atoms with Gasteiger partial charge >= 0.3 is 5.00 Å². The van der Waals surface area contributed by atoms with Gasteiger partial charge in [-0.3, -0.25) is 10.1 Å². The molecular weight excluding hydrogens is 298 g/mol. The van der Waals surface area contributed by atoms with Crippen LogP contribution in [0.4, 0.5) is 5.00 Å². The Labute approximate surface area is 120 Å². The maximum absolute atomic E-state index is 11.9. The van der Waals surface area contributed by atoms with Gasteiger partial charge in [-0.1, -0.05) is 41.7 Å². The molecule has 0 aliphatic heterocycles. The number of thiophene rings is 1. The van der Waals surface area contributed by atoms with Crippen LogP contribution in [0.15, 0.2) is 47.2 Å². The van der Waals surface area contributed by atoms with Crippen molar-refractivity contribution >= 4 is 32.3 Å². The van der Waals surface area contributed by atoms with Gasteiger partial charge in [0.05, 0.1) is 16.2 Å². The zero-order valence-electron chi connectivity index (χ0n) is 10.3. The molecule has 0 radical (unpaired) electrons. The Hall–Kier alpha value is -1.99. The summed E-state index contributed by atoms with van der Waals surface area (Å²) in [5, 5.41) is 13.2. The fourth-order valence-corrected chi connectivity index (χ4v) is 3.57. The molecule has 0 spiro atoms. The van der Waals surface area contributed by atoms with Crippen molar-refractivity contribution in [3.05, 3.63) is 68.4 Å². The van der Waals surface area contributed by atoms with Gasteiger partial charge in [0.15, 0.2) is 9.84 Å². The molecular formula is C13H11NO4S2. The van der Waals surface area contributed by atoms with E-state index in [1.807, 2.05) is 6.07 Å². The summed E-state index contributed by atoms with van der Waals surface area (Å²) >= 11 is 0.925. The van der Waals surface area contributed by atoms with Crippen molar-refractivity contribution in [3.63, 3.8) is 0 Å². The van der Waals surface area contributed by atoms with E-state index in [0.29, 0.717) is 0 Å². The molecule has 0 aliphatic rings. The van der Waals surface area contributed by atoms with Gasteiger partial charge in [0, 0.05) is 5.41 Å². The van der Waals surface area contributed by atoms with E-state index >= 15 is 0 Å². The molecule has 0 saturated heterocycles. The first-order valence-corrected chi connectivity index (χ1v) is 8.24. The number of hydrogen-bond acceptors (Lipinski definition) is 5. The van der Waals surface area contributed by atoms with Crippen LogP contribution in [0.25, 0.3) is 6.08 Å². The number of sulfone groups is 1. The van der Waals surface area contributed by atoms with Gasteiger partial charge < -0.3 is 0 Å². The number of hydrogen-bond donors (Lipinski definition) is 0. The Morgan fingerprint density at radius 1 is 1.20 bits per heavy atom. The van der Waals surface area contributed by atoms with E-state index in [0.717, 1.165) is 22.3 Å². The number of nitro groups is 1. The molecule has 0 aliphatic carbocycles. The first kappa shape index (κ1) is 14.4. The normalized spacial score (nSPS) is 11.8. The van der Waals surface area contributed by atoms with E-state index in [2.05, 4.69) is 0 Å². The predicted octanol–water partition coefficient (Wildman–Crippen LogP) is 3.24. The fraction of sp³-hybridized carbons (Fsp3) is 0.0769. The molecule has 0 bridgehead atoms. The van der Waals surface area contributed by atoms with Crippen LogP contribution in [0.1, 0.15) is 11.1 Å². The van der Waals surface area contributed by atoms with Crippen molar-refractivity contribution in [1.82, 2.24) is 0 Å². The SMILES string of the molecule is O=[N+]([O-])c1sccc1CS(=O)(=O)/C=C/c1ccccc1. The molecule has 1 aromatic heterocycles. The van der Waals surface area contributed by atoms with E-state index in [9.17, 15) is 18.5 Å². The summed E-state index contributed by atoms with van der Waals surface area (Å²) in [5.41, 5.74) is 0.980. The fourth-order valence-electron chi connectivity index (χ4n) is 1.61. The van der Waals surface area contributed by atoms with Gasteiger partial charge in [0.25, 0.3) is 0 Å². The summed E-state index contributed by atoms with van der Waals surface area (Å²) < 4.78 is 23.9. The van der Waals surface area contributed by atoms with Crippen LogP contribution in [0.3, 0.4) is 0 Å².